The Hall–Kier alpha value is -2.27. The molecule has 3 aromatic rings. The zero-order valence-electron chi connectivity index (χ0n) is 15.9. The van der Waals surface area contributed by atoms with Crippen molar-refractivity contribution in [2.45, 2.75) is 28.1 Å². The number of thiazole rings is 1. The summed E-state index contributed by atoms with van der Waals surface area (Å²) in [5.41, 5.74) is 2.29. The van der Waals surface area contributed by atoms with E-state index in [1.807, 2.05) is 6.92 Å². The van der Waals surface area contributed by atoms with E-state index in [0.29, 0.717) is 17.0 Å². The first-order valence-corrected chi connectivity index (χ1v) is 12.9. The van der Waals surface area contributed by atoms with E-state index in [1.165, 1.54) is 12.1 Å². The SMILES string of the molecule is Cc1ccc(NC(=O)CS(=O)(=O)c2nc(S(=O)(=O)c3ccc(C)cc3)c(Cl)s2)cc1. The van der Waals surface area contributed by atoms with Crippen molar-refractivity contribution in [1.29, 1.82) is 0 Å². The molecule has 0 fully saturated rings. The summed E-state index contributed by atoms with van der Waals surface area (Å²) in [5.74, 6) is -1.66. The van der Waals surface area contributed by atoms with Crippen molar-refractivity contribution in [2.24, 2.45) is 0 Å². The second kappa shape index (κ2) is 8.46. The number of anilines is 1. The van der Waals surface area contributed by atoms with Crippen molar-refractivity contribution in [1.82, 2.24) is 4.98 Å². The Morgan fingerprint density at radius 3 is 2.07 bits per heavy atom. The van der Waals surface area contributed by atoms with Gasteiger partial charge in [-0.15, -0.1) is 0 Å². The van der Waals surface area contributed by atoms with Crippen molar-refractivity contribution in [3.8, 4) is 0 Å². The van der Waals surface area contributed by atoms with Gasteiger partial charge in [-0.2, -0.15) is 0 Å². The fourth-order valence-corrected chi connectivity index (χ4v) is 7.01. The van der Waals surface area contributed by atoms with Crippen LogP contribution in [0.15, 0.2) is 62.8 Å². The number of nitrogens with one attached hydrogen (secondary N) is 1. The number of hydrogen-bond acceptors (Lipinski definition) is 7. The first kappa shape index (κ1) is 22.4. The highest BCUT2D eigenvalue weighted by molar-refractivity contribution is 7.94. The van der Waals surface area contributed by atoms with Crippen LogP contribution >= 0.6 is 22.9 Å². The molecular weight excluding hydrogens is 468 g/mol. The topological polar surface area (TPSA) is 110 Å². The normalized spacial score (nSPS) is 12.0. The third kappa shape index (κ3) is 4.89. The molecule has 0 saturated heterocycles. The van der Waals surface area contributed by atoms with Gasteiger partial charge in [-0.1, -0.05) is 58.3 Å². The number of hydrogen-bond donors (Lipinski definition) is 1. The van der Waals surface area contributed by atoms with Crippen LogP contribution in [0.5, 0.6) is 0 Å². The molecule has 1 amide bonds. The number of rotatable bonds is 6. The number of aromatic nitrogens is 1. The van der Waals surface area contributed by atoms with E-state index >= 15 is 0 Å². The van der Waals surface area contributed by atoms with E-state index in [0.717, 1.165) is 11.1 Å². The molecule has 1 heterocycles. The number of nitrogens with zero attached hydrogens (tertiary/aromatic N) is 1. The van der Waals surface area contributed by atoms with Gasteiger partial charge < -0.3 is 5.32 Å². The highest BCUT2D eigenvalue weighted by atomic mass is 35.5. The highest BCUT2D eigenvalue weighted by Crippen LogP contribution is 2.34. The van der Waals surface area contributed by atoms with Gasteiger partial charge in [0.15, 0.2) is 5.03 Å². The Bertz CT molecular complexity index is 1300. The van der Waals surface area contributed by atoms with Crippen LogP contribution in [0.2, 0.25) is 4.34 Å². The quantitative estimate of drug-likeness (QED) is 0.571. The number of benzene rings is 2. The number of carbonyl (C=O) groups excluding carboxylic acids is 1. The highest BCUT2D eigenvalue weighted by Gasteiger charge is 2.31. The van der Waals surface area contributed by atoms with Crippen molar-refractivity contribution in [3.05, 3.63) is 64.0 Å². The molecule has 0 atom stereocenters. The molecular formula is C19H17ClN2O5S3. The summed E-state index contributed by atoms with van der Waals surface area (Å²) in [5, 5.41) is 1.94. The average Bonchev–Trinajstić information content (AvgIpc) is 3.07. The number of halogens is 1. The Balaban J connectivity index is 1.84. The van der Waals surface area contributed by atoms with Gasteiger partial charge >= 0.3 is 0 Å². The summed E-state index contributed by atoms with van der Waals surface area (Å²) in [6.07, 6.45) is 0. The zero-order valence-corrected chi connectivity index (χ0v) is 19.1. The van der Waals surface area contributed by atoms with Crippen molar-refractivity contribution in [3.63, 3.8) is 0 Å². The molecule has 0 unspecified atom stereocenters. The Labute approximate surface area is 183 Å². The lowest BCUT2D eigenvalue weighted by Gasteiger charge is -2.05. The van der Waals surface area contributed by atoms with Gasteiger partial charge in [0.1, 0.15) is 10.1 Å². The molecule has 0 saturated carbocycles. The van der Waals surface area contributed by atoms with E-state index in [4.69, 9.17) is 11.6 Å². The molecule has 11 heteroatoms. The maximum Gasteiger partial charge on any atom is 0.240 e. The molecule has 3 rings (SSSR count). The van der Waals surface area contributed by atoms with Gasteiger partial charge in [-0.25, -0.2) is 21.8 Å². The summed E-state index contributed by atoms with van der Waals surface area (Å²) in [7, 11) is -8.30. The number of amides is 1. The maximum atomic E-state index is 12.8. The second-order valence-corrected chi connectivity index (χ2v) is 12.2. The van der Waals surface area contributed by atoms with Crippen LogP contribution in [0.4, 0.5) is 5.69 Å². The van der Waals surface area contributed by atoms with Gasteiger partial charge in [-0.3, -0.25) is 4.79 Å². The number of sulfone groups is 2. The van der Waals surface area contributed by atoms with Crippen molar-refractivity contribution in [2.75, 3.05) is 11.1 Å². The molecule has 7 nitrogen and oxygen atoms in total. The fourth-order valence-electron chi connectivity index (χ4n) is 2.47. The average molecular weight is 485 g/mol. The van der Waals surface area contributed by atoms with E-state index in [1.54, 1.807) is 43.3 Å². The molecule has 1 aromatic heterocycles. The van der Waals surface area contributed by atoms with Crippen molar-refractivity contribution >= 4 is 54.2 Å². The first-order valence-electron chi connectivity index (χ1n) is 8.56. The van der Waals surface area contributed by atoms with E-state index < -0.39 is 40.7 Å². The lowest BCUT2D eigenvalue weighted by atomic mass is 10.2. The molecule has 0 aliphatic rings. The van der Waals surface area contributed by atoms with Crippen LogP contribution in [0.25, 0.3) is 0 Å². The van der Waals surface area contributed by atoms with Crippen molar-refractivity contribution < 1.29 is 21.6 Å². The van der Waals surface area contributed by atoms with Crippen LogP contribution in [0, 0.1) is 13.8 Å². The summed E-state index contributed by atoms with van der Waals surface area (Å²) < 4.78 is 49.9. The van der Waals surface area contributed by atoms with Gasteiger partial charge in [0.2, 0.25) is 29.9 Å². The predicted octanol–water partition coefficient (Wildman–Crippen LogP) is 3.66. The molecule has 1 N–H and O–H groups in total. The largest absolute Gasteiger partial charge is 0.325 e. The number of carbonyl (C=O) groups is 1. The summed E-state index contributed by atoms with van der Waals surface area (Å²) >= 11 is 6.51. The van der Waals surface area contributed by atoms with Crippen LogP contribution in [-0.4, -0.2) is 33.5 Å². The molecule has 158 valence electrons. The molecule has 0 spiro atoms. The van der Waals surface area contributed by atoms with Gasteiger partial charge in [0.05, 0.1) is 4.90 Å². The maximum absolute atomic E-state index is 12.8. The van der Waals surface area contributed by atoms with Gasteiger partial charge in [0, 0.05) is 5.69 Å². The molecule has 0 bridgehead atoms. The van der Waals surface area contributed by atoms with Crippen LogP contribution in [-0.2, 0) is 24.5 Å². The monoisotopic (exact) mass is 484 g/mol. The van der Waals surface area contributed by atoms with Gasteiger partial charge in [-0.05, 0) is 38.1 Å². The molecule has 0 radical (unpaired) electrons. The molecule has 0 aliphatic heterocycles. The molecule has 0 aliphatic carbocycles. The third-order valence-corrected chi connectivity index (χ3v) is 9.31. The van der Waals surface area contributed by atoms with Crippen LogP contribution in [0.1, 0.15) is 11.1 Å². The Kier molecular flexibility index (Phi) is 6.32. The lowest BCUT2D eigenvalue weighted by Crippen LogP contribution is -2.23. The minimum atomic E-state index is -4.19. The minimum Gasteiger partial charge on any atom is -0.325 e. The van der Waals surface area contributed by atoms with Gasteiger partial charge in [0.25, 0.3) is 0 Å². The first-order chi connectivity index (χ1) is 14.0. The van der Waals surface area contributed by atoms with E-state index in [2.05, 4.69) is 10.3 Å². The lowest BCUT2D eigenvalue weighted by molar-refractivity contribution is -0.113. The second-order valence-electron chi connectivity index (χ2n) is 6.55. The van der Waals surface area contributed by atoms with E-state index in [9.17, 15) is 21.6 Å². The fraction of sp³-hybridized carbons (Fsp3) is 0.158. The third-order valence-electron chi connectivity index (χ3n) is 4.05. The Morgan fingerprint density at radius 1 is 0.967 bits per heavy atom. The van der Waals surface area contributed by atoms with Crippen LogP contribution in [0.3, 0.4) is 0 Å². The standard InChI is InChI=1S/C19H17ClN2O5S3/c1-12-3-7-14(8-4-12)21-16(23)11-29(24,25)19-22-18(17(20)28-19)30(26,27)15-9-5-13(2)6-10-15/h3-10H,11H2,1-2H3,(H,21,23). The van der Waals surface area contributed by atoms with Crippen LogP contribution < -0.4 is 5.32 Å². The zero-order chi connectivity index (χ0) is 22.1. The summed E-state index contributed by atoms with van der Waals surface area (Å²) in [6.45, 7) is 3.68. The summed E-state index contributed by atoms with van der Waals surface area (Å²) in [6, 6.07) is 12.8. The number of aryl methyl sites for hydroxylation is 2. The minimum absolute atomic E-state index is 0.0543. The smallest absolute Gasteiger partial charge is 0.240 e. The molecule has 2 aromatic carbocycles. The van der Waals surface area contributed by atoms with E-state index in [-0.39, 0.29) is 9.23 Å². The summed E-state index contributed by atoms with van der Waals surface area (Å²) in [4.78, 5) is 15.9. The Morgan fingerprint density at radius 2 is 1.50 bits per heavy atom. The molecule has 30 heavy (non-hydrogen) atoms. The predicted molar refractivity (Wildman–Crippen MR) is 116 cm³/mol.